The van der Waals surface area contributed by atoms with Crippen LogP contribution in [0.4, 0.5) is 5.69 Å². The summed E-state index contributed by atoms with van der Waals surface area (Å²) in [5, 5.41) is 0.517. The standard InChI is InChI=1S/C23H23ClN2O3/c1-5-29-23(27)17-7-6-8-20(12-17)26-15(2)11-18(16(26)3)14-25-19-9-10-22(28-4)21(24)13-19/h6-14H,5H2,1-4H3. The molecule has 0 bridgehead atoms. The first kappa shape index (κ1) is 20.7. The highest BCUT2D eigenvalue weighted by molar-refractivity contribution is 6.32. The Balaban J connectivity index is 1.92. The van der Waals surface area contributed by atoms with Crippen LogP contribution in [-0.4, -0.2) is 30.5 Å². The van der Waals surface area contributed by atoms with Crippen molar-refractivity contribution in [3.05, 3.63) is 76.1 Å². The summed E-state index contributed by atoms with van der Waals surface area (Å²) >= 11 is 6.17. The zero-order chi connectivity index (χ0) is 21.0. The Morgan fingerprint density at radius 2 is 1.97 bits per heavy atom. The van der Waals surface area contributed by atoms with Gasteiger partial charge in [-0.2, -0.15) is 0 Å². The summed E-state index contributed by atoms with van der Waals surface area (Å²) in [5.41, 5.74) is 5.21. The minimum Gasteiger partial charge on any atom is -0.495 e. The van der Waals surface area contributed by atoms with Gasteiger partial charge in [-0.3, -0.25) is 4.99 Å². The molecule has 0 unspecified atom stereocenters. The predicted octanol–water partition coefficient (Wildman–Crippen LogP) is 5.68. The molecule has 2 aromatic carbocycles. The van der Waals surface area contributed by atoms with Crippen molar-refractivity contribution in [2.45, 2.75) is 20.8 Å². The normalized spacial score (nSPS) is 11.1. The van der Waals surface area contributed by atoms with Crippen molar-refractivity contribution in [1.29, 1.82) is 0 Å². The molecule has 6 heteroatoms. The second kappa shape index (κ2) is 8.97. The van der Waals surface area contributed by atoms with E-state index in [1.54, 1.807) is 32.2 Å². The predicted molar refractivity (Wildman–Crippen MR) is 116 cm³/mol. The number of esters is 1. The van der Waals surface area contributed by atoms with Crippen molar-refractivity contribution in [2.24, 2.45) is 4.99 Å². The number of methoxy groups -OCH3 is 1. The minimum atomic E-state index is -0.324. The van der Waals surface area contributed by atoms with Crippen molar-refractivity contribution in [3.63, 3.8) is 0 Å². The molecule has 0 radical (unpaired) electrons. The van der Waals surface area contributed by atoms with Gasteiger partial charge in [-0.05, 0) is 63.2 Å². The van der Waals surface area contributed by atoms with Crippen LogP contribution in [0.15, 0.2) is 53.5 Å². The first-order chi connectivity index (χ1) is 13.9. The van der Waals surface area contributed by atoms with Gasteiger partial charge in [0.25, 0.3) is 0 Å². The van der Waals surface area contributed by atoms with Gasteiger partial charge in [0.2, 0.25) is 0 Å². The van der Waals surface area contributed by atoms with E-state index >= 15 is 0 Å². The molecule has 3 aromatic rings. The van der Waals surface area contributed by atoms with E-state index in [0.717, 1.165) is 28.3 Å². The molecule has 0 atom stereocenters. The first-order valence-corrected chi connectivity index (χ1v) is 9.66. The fourth-order valence-corrected chi connectivity index (χ4v) is 3.43. The third-order valence-electron chi connectivity index (χ3n) is 4.57. The quantitative estimate of drug-likeness (QED) is 0.388. The average Bonchev–Trinajstić information content (AvgIpc) is 3.00. The van der Waals surface area contributed by atoms with E-state index in [1.807, 2.05) is 44.3 Å². The number of aromatic nitrogens is 1. The molecule has 0 saturated carbocycles. The third kappa shape index (κ3) is 4.51. The molecule has 5 nitrogen and oxygen atoms in total. The molecule has 0 saturated heterocycles. The lowest BCUT2D eigenvalue weighted by Crippen LogP contribution is -2.06. The number of hydrogen-bond donors (Lipinski definition) is 0. The maximum absolute atomic E-state index is 12.1. The van der Waals surface area contributed by atoms with Gasteiger partial charge in [-0.25, -0.2) is 4.79 Å². The maximum Gasteiger partial charge on any atom is 0.338 e. The number of benzene rings is 2. The number of rotatable bonds is 6. The molecule has 29 heavy (non-hydrogen) atoms. The SMILES string of the molecule is CCOC(=O)c1cccc(-n2c(C)cc(C=Nc3ccc(OC)c(Cl)c3)c2C)c1. The van der Waals surface area contributed by atoms with Crippen LogP contribution in [-0.2, 0) is 4.74 Å². The molecular weight excluding hydrogens is 388 g/mol. The largest absolute Gasteiger partial charge is 0.495 e. The van der Waals surface area contributed by atoms with Crippen molar-refractivity contribution in [2.75, 3.05) is 13.7 Å². The number of ether oxygens (including phenoxy) is 2. The summed E-state index contributed by atoms with van der Waals surface area (Å²) in [5.74, 6) is 0.292. The van der Waals surface area contributed by atoms with Gasteiger partial charge >= 0.3 is 5.97 Å². The van der Waals surface area contributed by atoms with E-state index in [2.05, 4.69) is 15.6 Å². The van der Waals surface area contributed by atoms with E-state index in [0.29, 0.717) is 22.9 Å². The molecule has 3 rings (SSSR count). The molecule has 150 valence electrons. The van der Waals surface area contributed by atoms with E-state index in [-0.39, 0.29) is 5.97 Å². The second-order valence-corrected chi connectivity index (χ2v) is 6.92. The lowest BCUT2D eigenvalue weighted by atomic mass is 10.2. The van der Waals surface area contributed by atoms with Crippen LogP contribution >= 0.6 is 11.6 Å². The zero-order valence-electron chi connectivity index (χ0n) is 16.9. The van der Waals surface area contributed by atoms with Gasteiger partial charge in [0, 0.05) is 28.9 Å². The number of hydrogen-bond acceptors (Lipinski definition) is 4. The molecule has 0 aliphatic rings. The summed E-state index contributed by atoms with van der Waals surface area (Å²) in [6, 6.07) is 14.9. The highest BCUT2D eigenvalue weighted by Crippen LogP contribution is 2.29. The van der Waals surface area contributed by atoms with E-state index < -0.39 is 0 Å². The molecule has 0 aliphatic carbocycles. The van der Waals surface area contributed by atoms with Gasteiger partial charge < -0.3 is 14.0 Å². The van der Waals surface area contributed by atoms with Gasteiger partial charge in [0.1, 0.15) is 5.75 Å². The maximum atomic E-state index is 12.1. The summed E-state index contributed by atoms with van der Waals surface area (Å²) in [6.45, 7) is 6.18. The van der Waals surface area contributed by atoms with Crippen molar-refractivity contribution in [1.82, 2.24) is 4.57 Å². The van der Waals surface area contributed by atoms with E-state index in [4.69, 9.17) is 21.1 Å². The third-order valence-corrected chi connectivity index (χ3v) is 4.87. The van der Waals surface area contributed by atoms with Crippen molar-refractivity contribution < 1.29 is 14.3 Å². The fraction of sp³-hybridized carbons (Fsp3) is 0.217. The lowest BCUT2D eigenvalue weighted by Gasteiger charge is -2.11. The van der Waals surface area contributed by atoms with Crippen LogP contribution in [0.2, 0.25) is 5.02 Å². The minimum absolute atomic E-state index is 0.324. The summed E-state index contributed by atoms with van der Waals surface area (Å²) in [7, 11) is 1.58. The summed E-state index contributed by atoms with van der Waals surface area (Å²) in [4.78, 5) is 16.6. The highest BCUT2D eigenvalue weighted by atomic mass is 35.5. The Kier molecular flexibility index (Phi) is 6.39. The molecule has 0 N–H and O–H groups in total. The Bertz CT molecular complexity index is 1070. The van der Waals surface area contributed by atoms with Crippen molar-refractivity contribution in [3.8, 4) is 11.4 Å². The molecule has 0 spiro atoms. The Morgan fingerprint density at radius 1 is 1.17 bits per heavy atom. The fourth-order valence-electron chi connectivity index (χ4n) is 3.18. The molecular formula is C23H23ClN2O3. The van der Waals surface area contributed by atoms with E-state index in [1.165, 1.54) is 0 Å². The Hall–Kier alpha value is -3.05. The number of nitrogens with zero attached hydrogens (tertiary/aromatic N) is 2. The number of carbonyl (C=O) groups is 1. The monoisotopic (exact) mass is 410 g/mol. The van der Waals surface area contributed by atoms with Crippen LogP contribution < -0.4 is 4.74 Å². The van der Waals surface area contributed by atoms with E-state index in [9.17, 15) is 4.79 Å². The van der Waals surface area contributed by atoms with Gasteiger partial charge in [0.15, 0.2) is 0 Å². The number of aliphatic imine (C=N–C) groups is 1. The second-order valence-electron chi connectivity index (χ2n) is 6.51. The molecule has 1 aromatic heterocycles. The zero-order valence-corrected chi connectivity index (χ0v) is 17.7. The Labute approximate surface area is 175 Å². The van der Waals surface area contributed by atoms with Crippen LogP contribution in [0.5, 0.6) is 5.75 Å². The van der Waals surface area contributed by atoms with Crippen molar-refractivity contribution >= 4 is 29.5 Å². The van der Waals surface area contributed by atoms with Crippen LogP contribution in [0.1, 0.15) is 34.2 Å². The number of halogens is 1. The summed E-state index contributed by atoms with van der Waals surface area (Å²) in [6.07, 6.45) is 1.81. The van der Waals surface area contributed by atoms with Crippen LogP contribution in [0, 0.1) is 13.8 Å². The highest BCUT2D eigenvalue weighted by Gasteiger charge is 2.12. The number of aryl methyl sites for hydroxylation is 1. The van der Waals surface area contributed by atoms with Gasteiger partial charge in [-0.1, -0.05) is 17.7 Å². The molecule has 1 heterocycles. The Morgan fingerprint density at radius 3 is 2.66 bits per heavy atom. The molecule has 0 amide bonds. The van der Waals surface area contributed by atoms with Crippen LogP contribution in [0.3, 0.4) is 0 Å². The molecule has 0 fully saturated rings. The van der Waals surface area contributed by atoms with Gasteiger partial charge in [0.05, 0.1) is 30.0 Å². The first-order valence-electron chi connectivity index (χ1n) is 9.28. The lowest BCUT2D eigenvalue weighted by molar-refractivity contribution is 0.0526. The topological polar surface area (TPSA) is 52.8 Å². The number of carbonyl (C=O) groups excluding carboxylic acids is 1. The summed E-state index contributed by atoms with van der Waals surface area (Å²) < 4.78 is 12.4. The smallest absolute Gasteiger partial charge is 0.338 e. The van der Waals surface area contributed by atoms with Gasteiger partial charge in [-0.15, -0.1) is 0 Å². The van der Waals surface area contributed by atoms with Crippen LogP contribution in [0.25, 0.3) is 5.69 Å². The average molecular weight is 411 g/mol. The molecule has 0 aliphatic heterocycles.